The zero-order valence-corrected chi connectivity index (χ0v) is 10.9. The van der Waals surface area contributed by atoms with E-state index in [0.29, 0.717) is 16.8 Å². The summed E-state index contributed by atoms with van der Waals surface area (Å²) in [7, 11) is 0. The Bertz CT molecular complexity index is 622. The van der Waals surface area contributed by atoms with Gasteiger partial charge in [0.05, 0.1) is 0 Å². The summed E-state index contributed by atoms with van der Waals surface area (Å²) in [6, 6.07) is 1.64. The van der Waals surface area contributed by atoms with Crippen molar-refractivity contribution in [1.29, 1.82) is 0 Å². The minimum atomic E-state index is -0.793. The van der Waals surface area contributed by atoms with Gasteiger partial charge in [-0.15, -0.1) is 0 Å². The van der Waals surface area contributed by atoms with Crippen molar-refractivity contribution in [2.24, 2.45) is 0 Å². The molecule has 4 heteroatoms. The molecule has 0 aliphatic heterocycles. The zero-order valence-electron chi connectivity index (χ0n) is 10.9. The van der Waals surface area contributed by atoms with Crippen molar-refractivity contribution in [3.8, 4) is 5.69 Å². The van der Waals surface area contributed by atoms with Gasteiger partial charge in [0.1, 0.15) is 18.1 Å². The fourth-order valence-electron chi connectivity index (χ4n) is 1.91. The van der Waals surface area contributed by atoms with Gasteiger partial charge in [0, 0.05) is 18.1 Å². The molecule has 1 aromatic heterocycles. The summed E-state index contributed by atoms with van der Waals surface area (Å²) in [5, 5.41) is 0. The predicted octanol–water partition coefficient (Wildman–Crippen LogP) is 2.87. The predicted molar refractivity (Wildman–Crippen MR) is 64.6 cm³/mol. The average molecular weight is 249 g/mol. The maximum Gasteiger partial charge on any atom is 0.300 e. The highest BCUT2D eigenvalue weighted by atomic mass is 19.2. The molecule has 0 saturated carbocycles. The summed E-state index contributed by atoms with van der Waals surface area (Å²) < 4.78 is 29.0. The molecule has 0 fully saturated rings. The molecule has 94 valence electrons. The van der Waals surface area contributed by atoms with Crippen molar-refractivity contribution < 1.29 is 13.3 Å². The molecule has 0 atom stereocenters. The lowest BCUT2D eigenvalue weighted by Gasteiger charge is -2.09. The summed E-state index contributed by atoms with van der Waals surface area (Å²) in [6.07, 6.45) is 3.61. The number of hydrogen-bond acceptors (Lipinski definition) is 1. The Morgan fingerprint density at radius 3 is 2.39 bits per heavy atom. The molecule has 0 saturated heterocycles. The van der Waals surface area contributed by atoms with Gasteiger partial charge in [-0.1, -0.05) is 4.98 Å². The van der Waals surface area contributed by atoms with Crippen LogP contribution in [0.4, 0.5) is 8.78 Å². The monoisotopic (exact) mass is 249 g/mol. The van der Waals surface area contributed by atoms with Crippen molar-refractivity contribution in [2.75, 3.05) is 0 Å². The lowest BCUT2D eigenvalue weighted by atomic mass is 10.1. The third kappa shape index (κ3) is 1.98. The largest absolute Gasteiger partial charge is 0.300 e. The highest BCUT2D eigenvalue weighted by molar-refractivity contribution is 5.38. The number of aryl methyl sites for hydroxylation is 3. The topological polar surface area (TPSA) is 16.8 Å². The average Bonchev–Trinajstić information content (AvgIpc) is 2.34. The minimum absolute atomic E-state index is 0.290. The van der Waals surface area contributed by atoms with E-state index in [2.05, 4.69) is 4.98 Å². The SMILES string of the molecule is Cc1cnc(C)[n+](-c2cc(C)c(F)c(F)c2C)c1. The first-order valence-corrected chi connectivity index (χ1v) is 5.72. The summed E-state index contributed by atoms with van der Waals surface area (Å²) in [4.78, 5) is 4.22. The first-order chi connectivity index (χ1) is 8.41. The second-order valence-electron chi connectivity index (χ2n) is 4.51. The van der Waals surface area contributed by atoms with E-state index in [1.165, 1.54) is 0 Å². The van der Waals surface area contributed by atoms with Crippen LogP contribution in [0, 0.1) is 39.3 Å². The molecule has 0 bridgehead atoms. The molecule has 2 rings (SSSR count). The van der Waals surface area contributed by atoms with E-state index in [1.54, 1.807) is 30.7 Å². The van der Waals surface area contributed by atoms with Crippen molar-refractivity contribution in [3.05, 3.63) is 52.6 Å². The standard InChI is InChI=1S/C14H15F2N2/c1-8-6-17-11(4)18(7-8)12-5-9(2)13(15)14(16)10(12)3/h5-7H,1-4H3/q+1. The maximum absolute atomic E-state index is 13.8. The molecule has 1 heterocycles. The van der Waals surface area contributed by atoms with Crippen molar-refractivity contribution in [1.82, 2.24) is 4.98 Å². The quantitative estimate of drug-likeness (QED) is 0.710. The van der Waals surface area contributed by atoms with Crippen molar-refractivity contribution in [3.63, 3.8) is 0 Å². The summed E-state index contributed by atoms with van der Waals surface area (Å²) in [5.74, 6) is -0.845. The fourth-order valence-corrected chi connectivity index (χ4v) is 1.91. The first-order valence-electron chi connectivity index (χ1n) is 5.72. The van der Waals surface area contributed by atoms with Crippen LogP contribution in [0.1, 0.15) is 22.5 Å². The molecule has 0 aliphatic rings. The lowest BCUT2D eigenvalue weighted by Crippen LogP contribution is -2.36. The van der Waals surface area contributed by atoms with E-state index in [9.17, 15) is 8.78 Å². The van der Waals surface area contributed by atoms with Crippen LogP contribution < -0.4 is 4.57 Å². The van der Waals surface area contributed by atoms with Crippen LogP contribution in [0.25, 0.3) is 5.69 Å². The van der Waals surface area contributed by atoms with E-state index in [1.807, 2.05) is 20.0 Å². The number of hydrogen-bond donors (Lipinski definition) is 0. The molecule has 2 aromatic rings. The first kappa shape index (κ1) is 12.6. The van der Waals surface area contributed by atoms with Gasteiger partial charge >= 0.3 is 0 Å². The van der Waals surface area contributed by atoms with Crippen LogP contribution in [0.5, 0.6) is 0 Å². The molecule has 2 nitrogen and oxygen atoms in total. The van der Waals surface area contributed by atoms with Gasteiger partial charge in [0.15, 0.2) is 11.6 Å². The fraction of sp³-hybridized carbons (Fsp3) is 0.286. The van der Waals surface area contributed by atoms with Crippen LogP contribution in [-0.4, -0.2) is 4.98 Å². The Morgan fingerprint density at radius 2 is 1.72 bits per heavy atom. The third-order valence-corrected chi connectivity index (χ3v) is 3.00. The molecule has 0 N–H and O–H groups in total. The van der Waals surface area contributed by atoms with Crippen LogP contribution in [0.15, 0.2) is 18.5 Å². The Balaban J connectivity index is 2.75. The van der Waals surface area contributed by atoms with E-state index in [0.717, 1.165) is 11.4 Å². The zero-order chi connectivity index (χ0) is 13.4. The molecular formula is C14H15F2N2+. The number of halogens is 2. The van der Waals surface area contributed by atoms with Gasteiger partial charge in [-0.3, -0.25) is 0 Å². The molecule has 0 aliphatic carbocycles. The van der Waals surface area contributed by atoms with Crippen LogP contribution >= 0.6 is 0 Å². The summed E-state index contributed by atoms with van der Waals surface area (Å²) >= 11 is 0. The molecule has 0 radical (unpaired) electrons. The summed E-state index contributed by atoms with van der Waals surface area (Å²) in [6.45, 7) is 6.86. The van der Waals surface area contributed by atoms with Gasteiger partial charge < -0.3 is 0 Å². The normalized spacial score (nSPS) is 10.8. The van der Waals surface area contributed by atoms with E-state index < -0.39 is 11.6 Å². The number of aromatic nitrogens is 2. The van der Waals surface area contributed by atoms with Gasteiger partial charge in [-0.25, -0.2) is 8.78 Å². The molecule has 0 amide bonds. The van der Waals surface area contributed by atoms with Gasteiger partial charge in [-0.05, 0) is 32.4 Å². The summed E-state index contributed by atoms with van der Waals surface area (Å²) in [5.41, 5.74) is 2.17. The second-order valence-corrected chi connectivity index (χ2v) is 4.51. The smallest absolute Gasteiger partial charge is 0.203 e. The molecule has 0 spiro atoms. The van der Waals surface area contributed by atoms with Crippen molar-refractivity contribution >= 4 is 0 Å². The van der Waals surface area contributed by atoms with Gasteiger partial charge in [0.2, 0.25) is 0 Å². The number of rotatable bonds is 1. The van der Waals surface area contributed by atoms with E-state index >= 15 is 0 Å². The highest BCUT2D eigenvalue weighted by Gasteiger charge is 2.19. The maximum atomic E-state index is 13.8. The molecular weight excluding hydrogens is 234 g/mol. The van der Waals surface area contributed by atoms with E-state index in [-0.39, 0.29) is 0 Å². The number of nitrogens with zero attached hydrogens (tertiary/aromatic N) is 2. The van der Waals surface area contributed by atoms with Crippen LogP contribution in [0.2, 0.25) is 0 Å². The van der Waals surface area contributed by atoms with Gasteiger partial charge in [-0.2, -0.15) is 4.57 Å². The Hall–Kier alpha value is -1.84. The van der Waals surface area contributed by atoms with Crippen LogP contribution in [-0.2, 0) is 0 Å². The Labute approximate surface area is 105 Å². The van der Waals surface area contributed by atoms with Gasteiger partial charge in [0.25, 0.3) is 5.82 Å². The molecule has 0 unspecified atom stereocenters. The Morgan fingerprint density at radius 1 is 1.06 bits per heavy atom. The molecule has 18 heavy (non-hydrogen) atoms. The van der Waals surface area contributed by atoms with Crippen molar-refractivity contribution in [2.45, 2.75) is 27.7 Å². The minimum Gasteiger partial charge on any atom is -0.203 e. The highest BCUT2D eigenvalue weighted by Crippen LogP contribution is 2.20. The lowest BCUT2D eigenvalue weighted by molar-refractivity contribution is -0.607. The van der Waals surface area contributed by atoms with Crippen LogP contribution in [0.3, 0.4) is 0 Å². The Kier molecular flexibility index (Phi) is 3.11. The number of benzene rings is 1. The third-order valence-electron chi connectivity index (χ3n) is 3.00. The second kappa shape index (κ2) is 4.44. The molecule has 1 aromatic carbocycles. The van der Waals surface area contributed by atoms with E-state index in [4.69, 9.17) is 0 Å².